The van der Waals surface area contributed by atoms with Crippen LogP contribution in [0.5, 0.6) is 0 Å². The van der Waals surface area contributed by atoms with Gasteiger partial charge in [0.05, 0.1) is 11.4 Å². The third-order valence-corrected chi connectivity index (χ3v) is 9.01. The van der Waals surface area contributed by atoms with Gasteiger partial charge in [-0.3, -0.25) is 0 Å². The summed E-state index contributed by atoms with van der Waals surface area (Å²) in [6, 6.07) is 48.4. The number of nitrogens with one attached hydrogen (secondary N) is 1. The minimum atomic E-state index is 0.138. The molecule has 6 aromatic carbocycles. The van der Waals surface area contributed by atoms with Gasteiger partial charge in [-0.1, -0.05) is 118 Å². The molecule has 2 heterocycles. The second-order valence-electron chi connectivity index (χ2n) is 14.8. The maximum Gasteiger partial charge on any atom is 0.115 e. The second kappa shape index (κ2) is 15.8. The molecule has 0 radical (unpaired) electrons. The van der Waals surface area contributed by atoms with Crippen LogP contribution in [0.1, 0.15) is 52.7 Å². The summed E-state index contributed by atoms with van der Waals surface area (Å²) in [4.78, 5) is 3.38. The fraction of sp³-hybridized carbons (Fsp3) is 0.182. The standard InChI is InChI=1S/C22H22N4.C16H16BrN3.C6H7N/c1-22(2,3)16-9-12-19(13-10-16)26-24-20-14-11-18(15-21(20)25-26)23-17-7-5-4-6-8-17;1-16(2,3)11-4-7-13(8-5-11)20-18-14-9-6-12(17)10-15(14)19-20;7-6-4-2-1-3-5-6/h4-15,23H,1-3H3;4-10H,1-3H3;1-5H,7H2. The Kier molecular flexibility index (Phi) is 11.0. The first kappa shape index (κ1) is 37.0. The number of benzene rings is 6. The van der Waals surface area contributed by atoms with Crippen molar-refractivity contribution in [3.63, 3.8) is 0 Å². The first-order chi connectivity index (χ1) is 25.3. The summed E-state index contributed by atoms with van der Waals surface area (Å²) >= 11 is 3.45. The molecule has 0 saturated heterocycles. The smallest absolute Gasteiger partial charge is 0.115 e. The van der Waals surface area contributed by atoms with E-state index in [2.05, 4.69) is 132 Å². The summed E-state index contributed by atoms with van der Waals surface area (Å²) in [6.45, 7) is 13.3. The molecule has 0 spiro atoms. The number of para-hydroxylation sites is 2. The Morgan fingerprint density at radius 3 is 1.36 bits per heavy atom. The molecule has 268 valence electrons. The molecule has 8 nitrogen and oxygen atoms in total. The lowest BCUT2D eigenvalue weighted by Crippen LogP contribution is -2.11. The van der Waals surface area contributed by atoms with Crippen LogP contribution < -0.4 is 11.1 Å². The molecule has 9 heteroatoms. The Labute approximate surface area is 319 Å². The highest BCUT2D eigenvalue weighted by Gasteiger charge is 2.15. The average molecular weight is 766 g/mol. The Morgan fingerprint density at radius 1 is 0.472 bits per heavy atom. The molecule has 0 bridgehead atoms. The molecule has 53 heavy (non-hydrogen) atoms. The van der Waals surface area contributed by atoms with Crippen molar-refractivity contribution in [3.8, 4) is 11.4 Å². The van der Waals surface area contributed by atoms with Crippen LogP contribution in [0.25, 0.3) is 33.4 Å². The molecule has 2 aromatic heterocycles. The number of nitrogens with zero attached hydrogens (tertiary/aromatic N) is 6. The summed E-state index contributed by atoms with van der Waals surface area (Å²) in [6.07, 6.45) is 0. The zero-order chi connectivity index (χ0) is 37.6. The van der Waals surface area contributed by atoms with Gasteiger partial charge in [0.1, 0.15) is 22.1 Å². The van der Waals surface area contributed by atoms with Gasteiger partial charge in [0.2, 0.25) is 0 Å². The molecule has 0 unspecified atom stereocenters. The monoisotopic (exact) mass is 764 g/mol. The van der Waals surface area contributed by atoms with E-state index in [0.717, 1.165) is 55.0 Å². The van der Waals surface area contributed by atoms with Crippen molar-refractivity contribution >= 4 is 55.1 Å². The predicted octanol–water partition coefficient (Wildman–Crippen LogP) is 11.2. The minimum absolute atomic E-state index is 0.138. The van der Waals surface area contributed by atoms with Crippen molar-refractivity contribution in [2.45, 2.75) is 52.4 Å². The lowest BCUT2D eigenvalue weighted by molar-refractivity contribution is 0.589. The van der Waals surface area contributed by atoms with Gasteiger partial charge in [-0.25, -0.2) is 0 Å². The number of rotatable bonds is 4. The zero-order valence-corrected chi connectivity index (χ0v) is 32.6. The van der Waals surface area contributed by atoms with E-state index in [1.165, 1.54) is 11.1 Å². The summed E-state index contributed by atoms with van der Waals surface area (Å²) in [5.74, 6) is 0. The Hall–Kier alpha value is -5.80. The van der Waals surface area contributed by atoms with Crippen molar-refractivity contribution < 1.29 is 0 Å². The van der Waals surface area contributed by atoms with Gasteiger partial charge < -0.3 is 11.1 Å². The lowest BCUT2D eigenvalue weighted by atomic mass is 9.87. The molecular weight excluding hydrogens is 720 g/mol. The fourth-order valence-electron chi connectivity index (χ4n) is 5.44. The van der Waals surface area contributed by atoms with Crippen LogP contribution in [-0.2, 0) is 10.8 Å². The van der Waals surface area contributed by atoms with Gasteiger partial charge in [-0.15, -0.1) is 20.4 Å². The van der Waals surface area contributed by atoms with Crippen LogP contribution >= 0.6 is 15.9 Å². The van der Waals surface area contributed by atoms with Gasteiger partial charge >= 0.3 is 0 Å². The Balaban J connectivity index is 0.000000157. The predicted molar refractivity (Wildman–Crippen MR) is 223 cm³/mol. The largest absolute Gasteiger partial charge is 0.399 e. The Bertz CT molecular complexity index is 2390. The molecule has 0 amide bonds. The average Bonchev–Trinajstić information content (AvgIpc) is 3.77. The van der Waals surface area contributed by atoms with E-state index < -0.39 is 0 Å². The van der Waals surface area contributed by atoms with Crippen LogP contribution in [0.15, 0.2) is 150 Å². The van der Waals surface area contributed by atoms with E-state index in [1.807, 2.05) is 97.1 Å². The third kappa shape index (κ3) is 9.75. The number of halogens is 1. The van der Waals surface area contributed by atoms with E-state index in [9.17, 15) is 0 Å². The fourth-order valence-corrected chi connectivity index (χ4v) is 5.79. The normalized spacial score (nSPS) is 11.4. The number of aromatic nitrogens is 6. The van der Waals surface area contributed by atoms with Gasteiger partial charge in [-0.2, -0.15) is 9.59 Å². The highest BCUT2D eigenvalue weighted by Crippen LogP contribution is 2.26. The highest BCUT2D eigenvalue weighted by molar-refractivity contribution is 9.10. The summed E-state index contributed by atoms with van der Waals surface area (Å²) in [5.41, 5.74) is 16.6. The van der Waals surface area contributed by atoms with Gasteiger partial charge in [0.15, 0.2) is 0 Å². The molecule has 0 saturated carbocycles. The zero-order valence-electron chi connectivity index (χ0n) is 31.0. The van der Waals surface area contributed by atoms with Crippen LogP contribution in [0.4, 0.5) is 17.1 Å². The van der Waals surface area contributed by atoms with Crippen LogP contribution in [0.3, 0.4) is 0 Å². The number of hydrogen-bond acceptors (Lipinski definition) is 6. The molecule has 0 atom stereocenters. The Morgan fingerprint density at radius 2 is 0.906 bits per heavy atom. The summed E-state index contributed by atoms with van der Waals surface area (Å²) in [5, 5.41) is 21.6. The number of fused-ring (bicyclic) bond motifs is 2. The van der Waals surface area contributed by atoms with Crippen molar-refractivity contribution in [3.05, 3.63) is 161 Å². The molecule has 3 N–H and O–H groups in total. The van der Waals surface area contributed by atoms with Gasteiger partial charge in [0, 0.05) is 21.5 Å². The lowest BCUT2D eigenvalue weighted by Gasteiger charge is -2.18. The number of anilines is 3. The number of nitrogen functional groups attached to an aromatic ring is 1. The number of hydrogen-bond donors (Lipinski definition) is 2. The molecular formula is C44H45BrN8. The second-order valence-corrected chi connectivity index (χ2v) is 15.7. The van der Waals surface area contributed by atoms with Crippen molar-refractivity contribution in [1.82, 2.24) is 30.0 Å². The van der Waals surface area contributed by atoms with E-state index in [4.69, 9.17) is 5.73 Å². The molecule has 0 aliphatic heterocycles. The molecule has 0 aliphatic rings. The SMILES string of the molecule is CC(C)(C)c1ccc(-n2nc3ccc(Br)cc3n2)cc1.CC(C)(C)c1ccc(-n2nc3ccc(Nc4ccccc4)cc3n2)cc1.Nc1ccccc1. The maximum atomic E-state index is 5.36. The molecule has 0 fully saturated rings. The van der Waals surface area contributed by atoms with Crippen molar-refractivity contribution in [2.75, 3.05) is 11.1 Å². The van der Waals surface area contributed by atoms with E-state index in [0.29, 0.717) is 0 Å². The first-order valence-corrected chi connectivity index (χ1v) is 18.4. The molecule has 8 aromatic rings. The van der Waals surface area contributed by atoms with Gasteiger partial charge in [-0.05, 0) is 107 Å². The van der Waals surface area contributed by atoms with Crippen LogP contribution in [0.2, 0.25) is 0 Å². The number of nitrogens with two attached hydrogens (primary N) is 1. The van der Waals surface area contributed by atoms with Crippen LogP contribution in [0, 0.1) is 0 Å². The van der Waals surface area contributed by atoms with Crippen molar-refractivity contribution in [1.29, 1.82) is 0 Å². The van der Waals surface area contributed by atoms with E-state index >= 15 is 0 Å². The molecule has 8 rings (SSSR count). The summed E-state index contributed by atoms with van der Waals surface area (Å²) in [7, 11) is 0. The topological polar surface area (TPSA) is 99.5 Å². The van der Waals surface area contributed by atoms with Gasteiger partial charge in [0.25, 0.3) is 0 Å². The van der Waals surface area contributed by atoms with Crippen molar-refractivity contribution in [2.24, 2.45) is 0 Å². The highest BCUT2D eigenvalue weighted by atomic mass is 79.9. The maximum absolute atomic E-state index is 5.36. The molecule has 0 aliphatic carbocycles. The minimum Gasteiger partial charge on any atom is -0.399 e. The third-order valence-electron chi connectivity index (χ3n) is 8.51. The van der Waals surface area contributed by atoms with Crippen LogP contribution in [-0.4, -0.2) is 30.0 Å². The first-order valence-electron chi connectivity index (χ1n) is 17.6. The quantitative estimate of drug-likeness (QED) is 0.173. The summed E-state index contributed by atoms with van der Waals surface area (Å²) < 4.78 is 1.01. The van der Waals surface area contributed by atoms with E-state index in [1.54, 1.807) is 9.59 Å². The van der Waals surface area contributed by atoms with E-state index in [-0.39, 0.29) is 10.8 Å².